The first-order chi connectivity index (χ1) is 13.9. The lowest BCUT2D eigenvalue weighted by atomic mass is 10.2. The van der Waals surface area contributed by atoms with E-state index in [1.807, 2.05) is 0 Å². The fourth-order valence-corrected chi connectivity index (χ4v) is 3.55. The Kier molecular flexibility index (Phi) is 5.36. The van der Waals surface area contributed by atoms with Gasteiger partial charge >= 0.3 is 0 Å². The summed E-state index contributed by atoms with van der Waals surface area (Å²) in [7, 11) is 0. The highest BCUT2D eigenvalue weighted by molar-refractivity contribution is 9.10. The van der Waals surface area contributed by atoms with Crippen LogP contribution in [-0.4, -0.2) is 16.1 Å². The first-order valence-electron chi connectivity index (χ1n) is 8.25. The van der Waals surface area contributed by atoms with Gasteiger partial charge in [0, 0.05) is 17.3 Å². The summed E-state index contributed by atoms with van der Waals surface area (Å²) in [5.74, 6) is 0.381. The molecule has 0 amide bonds. The van der Waals surface area contributed by atoms with E-state index in [0.29, 0.717) is 48.3 Å². The van der Waals surface area contributed by atoms with Gasteiger partial charge in [-0.25, -0.2) is 4.98 Å². The molecule has 0 unspecified atom stereocenters. The topological polar surface area (TPSA) is 81.5 Å². The lowest BCUT2D eigenvalue weighted by Gasteiger charge is -1.98. The van der Waals surface area contributed by atoms with Crippen LogP contribution in [0.5, 0.6) is 0 Å². The van der Waals surface area contributed by atoms with E-state index in [2.05, 4.69) is 25.9 Å². The summed E-state index contributed by atoms with van der Waals surface area (Å²) in [6.07, 6.45) is 1.55. The van der Waals surface area contributed by atoms with Crippen LogP contribution in [0, 0.1) is 10.1 Å². The van der Waals surface area contributed by atoms with Crippen molar-refractivity contribution in [2.45, 2.75) is 0 Å². The number of aliphatic imine (C=N–C) groups is 1. The number of rotatable bonds is 4. The van der Waals surface area contributed by atoms with Crippen molar-refractivity contribution in [1.82, 2.24) is 4.98 Å². The third kappa shape index (κ3) is 4.17. The van der Waals surface area contributed by atoms with Gasteiger partial charge in [0.15, 0.2) is 5.58 Å². The largest absolute Gasteiger partial charge is 0.436 e. The molecule has 4 aromatic rings. The summed E-state index contributed by atoms with van der Waals surface area (Å²) < 4.78 is 6.19. The quantitative estimate of drug-likeness (QED) is 0.172. The van der Waals surface area contributed by atoms with E-state index >= 15 is 0 Å². The van der Waals surface area contributed by atoms with Crippen LogP contribution in [0.4, 0.5) is 11.4 Å². The Morgan fingerprint density at radius 1 is 1.10 bits per heavy atom. The van der Waals surface area contributed by atoms with E-state index in [-0.39, 0.29) is 5.69 Å². The molecule has 0 fully saturated rings. The molecule has 0 aliphatic carbocycles. The number of oxazole rings is 1. The van der Waals surface area contributed by atoms with Crippen molar-refractivity contribution < 1.29 is 9.34 Å². The molecule has 0 atom stereocenters. The van der Waals surface area contributed by atoms with Crippen LogP contribution in [-0.2, 0) is 0 Å². The van der Waals surface area contributed by atoms with Crippen LogP contribution in [0.25, 0.3) is 22.6 Å². The van der Waals surface area contributed by atoms with Crippen LogP contribution >= 0.6 is 39.1 Å². The number of aromatic nitrogens is 1. The van der Waals surface area contributed by atoms with Gasteiger partial charge in [-0.2, -0.15) is 0 Å². The van der Waals surface area contributed by atoms with Crippen molar-refractivity contribution in [2.24, 2.45) is 4.99 Å². The van der Waals surface area contributed by atoms with Gasteiger partial charge in [-0.3, -0.25) is 15.1 Å². The Labute approximate surface area is 183 Å². The van der Waals surface area contributed by atoms with Gasteiger partial charge in [0.2, 0.25) is 5.89 Å². The zero-order valence-corrected chi connectivity index (χ0v) is 17.6. The van der Waals surface area contributed by atoms with E-state index in [4.69, 9.17) is 27.6 Å². The number of halogens is 3. The molecule has 0 aliphatic rings. The number of fused-ring (bicyclic) bond motifs is 1. The summed E-state index contributed by atoms with van der Waals surface area (Å²) >= 11 is 15.3. The van der Waals surface area contributed by atoms with Gasteiger partial charge in [0.25, 0.3) is 5.69 Å². The van der Waals surface area contributed by atoms with Gasteiger partial charge in [-0.15, -0.1) is 0 Å². The highest BCUT2D eigenvalue weighted by Crippen LogP contribution is 2.33. The second-order valence-corrected chi connectivity index (χ2v) is 7.72. The van der Waals surface area contributed by atoms with Gasteiger partial charge in [-0.1, -0.05) is 29.3 Å². The zero-order valence-electron chi connectivity index (χ0n) is 14.5. The van der Waals surface area contributed by atoms with Gasteiger partial charge in [-0.05, 0) is 64.0 Å². The maximum absolute atomic E-state index is 11.1. The van der Waals surface area contributed by atoms with Crippen molar-refractivity contribution >= 4 is 67.8 Å². The molecule has 29 heavy (non-hydrogen) atoms. The third-order valence-corrected chi connectivity index (χ3v) is 5.28. The van der Waals surface area contributed by atoms with Crippen LogP contribution in [0.2, 0.25) is 10.0 Å². The van der Waals surface area contributed by atoms with Crippen LogP contribution in [0.3, 0.4) is 0 Å². The minimum atomic E-state index is -0.452. The highest BCUT2D eigenvalue weighted by atomic mass is 79.9. The molecule has 9 heteroatoms. The highest BCUT2D eigenvalue weighted by Gasteiger charge is 2.13. The molecule has 0 saturated heterocycles. The number of benzene rings is 3. The maximum Gasteiger partial charge on any atom is 0.284 e. The Hall–Kier alpha value is -2.74. The van der Waals surface area contributed by atoms with Crippen molar-refractivity contribution in [3.8, 4) is 11.5 Å². The first-order valence-corrected chi connectivity index (χ1v) is 9.79. The fraction of sp³-hybridized carbons (Fsp3) is 0. The number of hydrogen-bond acceptors (Lipinski definition) is 5. The number of hydrogen-bond donors (Lipinski definition) is 0. The molecule has 1 aromatic heterocycles. The van der Waals surface area contributed by atoms with Crippen molar-refractivity contribution in [1.29, 1.82) is 0 Å². The molecule has 0 spiro atoms. The molecular weight excluding hydrogens is 481 g/mol. The molecular formula is C20H10BrCl2N3O3. The first kappa shape index (κ1) is 19.6. The molecule has 0 bridgehead atoms. The van der Waals surface area contributed by atoms with Crippen LogP contribution in [0.1, 0.15) is 5.56 Å². The monoisotopic (exact) mass is 489 g/mol. The van der Waals surface area contributed by atoms with Gasteiger partial charge in [0.1, 0.15) is 5.52 Å². The second-order valence-electron chi connectivity index (χ2n) is 6.02. The van der Waals surface area contributed by atoms with Crippen molar-refractivity contribution in [2.75, 3.05) is 0 Å². The Morgan fingerprint density at radius 3 is 2.69 bits per heavy atom. The molecule has 0 radical (unpaired) electrons. The molecule has 0 aliphatic heterocycles. The van der Waals surface area contributed by atoms with Crippen molar-refractivity contribution in [3.63, 3.8) is 0 Å². The predicted octanol–water partition coefficient (Wildman–Crippen LogP) is 7.22. The number of nitrogens with zero attached hydrogens (tertiary/aromatic N) is 3. The maximum atomic E-state index is 11.1. The molecule has 6 nitrogen and oxygen atoms in total. The summed E-state index contributed by atoms with van der Waals surface area (Å²) in [6.45, 7) is 0. The lowest BCUT2D eigenvalue weighted by molar-refractivity contribution is -0.385. The minimum Gasteiger partial charge on any atom is -0.436 e. The van der Waals surface area contributed by atoms with Gasteiger partial charge < -0.3 is 4.42 Å². The Morgan fingerprint density at radius 2 is 1.93 bits per heavy atom. The van der Waals surface area contributed by atoms with E-state index < -0.39 is 4.92 Å². The summed E-state index contributed by atoms with van der Waals surface area (Å²) in [6, 6.07) is 15.2. The zero-order chi connectivity index (χ0) is 20.5. The van der Waals surface area contributed by atoms with E-state index in [1.54, 1.807) is 54.7 Å². The smallest absolute Gasteiger partial charge is 0.284 e. The molecule has 1 heterocycles. The third-order valence-electron chi connectivity index (χ3n) is 4.06. The normalized spacial score (nSPS) is 11.4. The SMILES string of the molecule is O=[N+]([O-])c1cc(C=Nc2ccc3oc(-c4ccc(Cl)cc4Cl)nc3c2)ccc1Br. The lowest BCUT2D eigenvalue weighted by Crippen LogP contribution is -1.91. The van der Waals surface area contributed by atoms with Crippen LogP contribution in [0.15, 0.2) is 68.5 Å². The molecule has 0 N–H and O–H groups in total. The van der Waals surface area contributed by atoms with Crippen LogP contribution < -0.4 is 0 Å². The second kappa shape index (κ2) is 7.94. The fourth-order valence-electron chi connectivity index (χ4n) is 2.67. The van der Waals surface area contributed by atoms with E-state index in [9.17, 15) is 10.1 Å². The molecule has 0 saturated carbocycles. The molecule has 4 rings (SSSR count). The summed E-state index contributed by atoms with van der Waals surface area (Å²) in [5.41, 5.74) is 3.05. The molecule has 3 aromatic carbocycles. The average molecular weight is 491 g/mol. The number of nitro benzene ring substituents is 1. The van der Waals surface area contributed by atoms with E-state index in [1.165, 1.54) is 6.07 Å². The molecule has 144 valence electrons. The average Bonchev–Trinajstić information content (AvgIpc) is 3.10. The predicted molar refractivity (Wildman–Crippen MR) is 118 cm³/mol. The Balaban J connectivity index is 1.65. The standard InChI is InChI=1S/C20H10BrCl2N3O3/c21-15-5-1-11(7-18(15)26(27)28)10-24-13-3-6-19-17(9-13)25-20(29-19)14-4-2-12(22)8-16(14)23/h1-10H. The van der Waals surface area contributed by atoms with Gasteiger partial charge in [0.05, 0.1) is 25.7 Å². The summed E-state index contributed by atoms with van der Waals surface area (Å²) in [4.78, 5) is 19.5. The van der Waals surface area contributed by atoms with E-state index in [0.717, 1.165) is 0 Å². The minimum absolute atomic E-state index is 0.0228. The Bertz CT molecular complexity index is 1290. The van der Waals surface area contributed by atoms with Crippen molar-refractivity contribution in [3.05, 3.63) is 84.8 Å². The summed E-state index contributed by atoms with van der Waals surface area (Å²) in [5, 5.41) is 12.0. The number of nitro groups is 1.